The van der Waals surface area contributed by atoms with E-state index in [0.29, 0.717) is 50.9 Å². The number of rotatable bonds is 27. The average Bonchev–Trinajstić information content (AvgIpc) is 3.28. The van der Waals surface area contributed by atoms with E-state index in [0.717, 1.165) is 0 Å². The van der Waals surface area contributed by atoms with Gasteiger partial charge in [0.15, 0.2) is 22.5 Å². The van der Waals surface area contributed by atoms with Gasteiger partial charge in [0.25, 0.3) is 16.0 Å². The first kappa shape index (κ1) is 50.1. The minimum Gasteiger partial charge on any atom is -0.491 e. The van der Waals surface area contributed by atoms with E-state index in [4.69, 9.17) is 49.9 Å². The molecule has 7 N–H and O–H groups in total. The normalized spacial score (nSPS) is 11.8. The number of carbonyl (C=O) groups is 4. The second-order valence-corrected chi connectivity index (χ2v) is 15.8. The molecule has 0 saturated carbocycles. The maximum absolute atomic E-state index is 13.2. The summed E-state index contributed by atoms with van der Waals surface area (Å²) in [6.45, 7) is 2.15. The van der Waals surface area contributed by atoms with Gasteiger partial charge in [-0.05, 0) is 73.0 Å². The first-order valence-electron chi connectivity index (χ1n) is 20.5. The third-order valence-electron chi connectivity index (χ3n) is 9.74. The second-order valence-electron chi connectivity index (χ2n) is 14.4. The van der Waals surface area contributed by atoms with Crippen molar-refractivity contribution in [3.8, 4) is 28.2 Å². The minimum absolute atomic E-state index is 0.0259. The van der Waals surface area contributed by atoms with Crippen molar-refractivity contribution in [3.63, 3.8) is 0 Å². The van der Waals surface area contributed by atoms with Crippen LogP contribution in [-0.4, -0.2) is 114 Å². The van der Waals surface area contributed by atoms with Gasteiger partial charge in [-0.15, -0.1) is 0 Å². The summed E-state index contributed by atoms with van der Waals surface area (Å²) in [5.74, 6) is -1.36. The fourth-order valence-electron chi connectivity index (χ4n) is 6.57. The van der Waals surface area contributed by atoms with E-state index in [1.807, 2.05) is 0 Å². The molecule has 1 aliphatic carbocycles. The van der Waals surface area contributed by atoms with Gasteiger partial charge in [0, 0.05) is 64.0 Å². The molecule has 5 rings (SSSR count). The molecule has 21 nitrogen and oxygen atoms in total. The summed E-state index contributed by atoms with van der Waals surface area (Å²) in [4.78, 5) is 50.9. The number of aliphatic carboxylic acids is 1. The van der Waals surface area contributed by atoms with Gasteiger partial charge in [-0.1, -0.05) is 29.4 Å². The van der Waals surface area contributed by atoms with Crippen molar-refractivity contribution in [2.75, 3.05) is 71.7 Å². The number of nitrogens with zero attached hydrogens (tertiary/aromatic N) is 3. The molecule has 3 aromatic carbocycles. The van der Waals surface area contributed by atoms with Gasteiger partial charge in [-0.3, -0.25) is 18.9 Å². The van der Waals surface area contributed by atoms with Crippen molar-refractivity contribution >= 4 is 50.3 Å². The summed E-state index contributed by atoms with van der Waals surface area (Å²) >= 11 is 0. The highest BCUT2D eigenvalue weighted by molar-refractivity contribution is 7.86. The molecule has 3 aromatic rings. The van der Waals surface area contributed by atoms with E-state index in [1.54, 1.807) is 73.7 Å². The Labute approximate surface area is 378 Å². The van der Waals surface area contributed by atoms with E-state index in [9.17, 15) is 32.1 Å². The summed E-state index contributed by atoms with van der Waals surface area (Å²) in [7, 11) is -4.81. The number of nitrogens with one attached hydrogen (secondary N) is 3. The van der Waals surface area contributed by atoms with Crippen molar-refractivity contribution in [1.82, 2.24) is 10.6 Å². The Balaban J connectivity index is 0.982. The largest absolute Gasteiger partial charge is 0.491 e. The molecule has 66 heavy (non-hydrogen) atoms. The number of carboxylic acid groups (broad SMARTS) is 1. The number of amides is 2. The van der Waals surface area contributed by atoms with Crippen molar-refractivity contribution in [2.45, 2.75) is 37.3 Å². The molecule has 1 aliphatic heterocycles. The van der Waals surface area contributed by atoms with Gasteiger partial charge in [0.2, 0.25) is 5.91 Å². The summed E-state index contributed by atoms with van der Waals surface area (Å²) in [6, 6.07) is 19.3. The number of azide groups is 1. The van der Waals surface area contributed by atoms with Gasteiger partial charge in [0.05, 0.1) is 50.7 Å². The van der Waals surface area contributed by atoms with Crippen LogP contribution in [0.5, 0.6) is 5.75 Å². The lowest BCUT2D eigenvalue weighted by molar-refractivity contribution is -0.143. The van der Waals surface area contributed by atoms with Crippen LogP contribution in [0.2, 0.25) is 0 Å². The van der Waals surface area contributed by atoms with Gasteiger partial charge >= 0.3 is 5.97 Å². The number of anilines is 1. The number of hydrogen-bond acceptors (Lipinski definition) is 15. The molecule has 22 heteroatoms. The molecular weight excluding hydrogens is 883 g/mol. The Kier molecular flexibility index (Phi) is 18.5. The fraction of sp³-hybridized carbons (Fsp3) is 0.341. The molecule has 1 heterocycles. The highest BCUT2D eigenvalue weighted by Crippen LogP contribution is 2.44. The maximum Gasteiger partial charge on any atom is 0.329 e. The van der Waals surface area contributed by atoms with Gasteiger partial charge in [0.1, 0.15) is 24.7 Å². The molecule has 0 spiro atoms. The molecule has 0 radical (unpaired) electrons. The van der Waals surface area contributed by atoms with Crippen LogP contribution < -0.4 is 26.5 Å². The quantitative estimate of drug-likeness (QED) is 0.00597. The van der Waals surface area contributed by atoms with E-state index in [-0.39, 0.29) is 106 Å². The molecule has 350 valence electrons. The molecule has 0 bridgehead atoms. The van der Waals surface area contributed by atoms with E-state index in [1.165, 1.54) is 6.07 Å². The molecule has 1 unspecified atom stereocenters. The zero-order valence-electron chi connectivity index (χ0n) is 35.8. The summed E-state index contributed by atoms with van der Waals surface area (Å²) in [5.41, 5.74) is 17.1. The molecule has 0 fully saturated rings. The number of carboxylic acids is 1. The molecule has 0 saturated heterocycles. The van der Waals surface area contributed by atoms with E-state index in [2.05, 4.69) is 20.7 Å². The number of ketones is 1. The predicted octanol–water partition coefficient (Wildman–Crippen LogP) is 4.89. The van der Waals surface area contributed by atoms with E-state index >= 15 is 0 Å². The van der Waals surface area contributed by atoms with Crippen LogP contribution in [-0.2, 0) is 38.7 Å². The number of hydrogen-bond donors (Lipinski definition) is 6. The van der Waals surface area contributed by atoms with Crippen LogP contribution in [0.1, 0.15) is 45.5 Å². The smallest absolute Gasteiger partial charge is 0.329 e. The van der Waals surface area contributed by atoms with Crippen molar-refractivity contribution < 1.29 is 65.4 Å². The number of fused-ring (bicyclic) bond motifs is 2. The molecule has 2 aliphatic rings. The SMILES string of the molecule is Cc1c2oc3c(S(=O)(=O)O)c(N)ccc3c(-c3cccc(C(=O)NCCOCCOCCC(=O)NCCCC(=O)c4cccc(OCC(N=[N+]=[N-])OCCOCC(=O)O)c4)c3)c-2ccc1=N. The van der Waals surface area contributed by atoms with E-state index < -0.39 is 39.7 Å². The highest BCUT2D eigenvalue weighted by Gasteiger charge is 2.27. The van der Waals surface area contributed by atoms with Crippen LogP contribution in [0.25, 0.3) is 43.9 Å². The van der Waals surface area contributed by atoms with Crippen LogP contribution in [0.3, 0.4) is 0 Å². The second kappa shape index (κ2) is 24.4. The lowest BCUT2D eigenvalue weighted by atomic mass is 9.91. The first-order valence-corrected chi connectivity index (χ1v) is 21.9. The standard InChI is InChI=1S/C44H49N7O14S/c1-27-34(45)12-10-32-40(33-11-13-35(46)43(66(57,58)59)42(33)65-41(27)32)29-6-2-7-30(23-29)44(56)49-16-18-61-20-19-60-17-14-37(53)48-15-4-9-36(52)28-5-3-8-31(24-28)64-25-38(50-51-47)63-22-21-62-26-39(54)55/h2-3,5-8,10-13,23-24,38,45H,4,9,14-22,25-26,46H2,1H3,(H,48,53)(H,49,56)(H,54,55)(H,57,58,59). The Morgan fingerprint density at radius 1 is 0.894 bits per heavy atom. The number of ether oxygens (including phenoxy) is 5. The molecule has 1 atom stereocenters. The first-order chi connectivity index (χ1) is 31.7. The third-order valence-corrected chi connectivity index (χ3v) is 10.7. The van der Waals surface area contributed by atoms with Crippen molar-refractivity contribution in [2.24, 2.45) is 5.11 Å². The summed E-state index contributed by atoms with van der Waals surface area (Å²) < 4.78 is 67.8. The Hall–Kier alpha value is -6.91. The number of nitrogens with two attached hydrogens (primary N) is 1. The third kappa shape index (κ3) is 14.3. The highest BCUT2D eigenvalue weighted by atomic mass is 32.2. The fourth-order valence-corrected chi connectivity index (χ4v) is 7.33. The number of benzene rings is 4. The number of carbonyl (C=O) groups excluding carboxylic acids is 3. The van der Waals surface area contributed by atoms with Crippen LogP contribution in [0.15, 0.2) is 87.2 Å². The van der Waals surface area contributed by atoms with Crippen LogP contribution in [0, 0.1) is 12.3 Å². The topological polar surface area (TPSA) is 325 Å². The number of Topliss-reactive ketones (excluding diaryl/α,β-unsaturated/α-hetero) is 1. The zero-order valence-corrected chi connectivity index (χ0v) is 36.6. The molecule has 2 amide bonds. The summed E-state index contributed by atoms with van der Waals surface area (Å²) in [6.07, 6.45) is -0.350. The van der Waals surface area contributed by atoms with Gasteiger partial charge < -0.3 is 55.0 Å². The zero-order chi connectivity index (χ0) is 47.6. The van der Waals surface area contributed by atoms with Gasteiger partial charge in [-0.25, -0.2) is 4.79 Å². The Morgan fingerprint density at radius 2 is 1.64 bits per heavy atom. The lowest BCUT2D eigenvalue weighted by Gasteiger charge is -2.19. The van der Waals surface area contributed by atoms with Gasteiger partial charge in [-0.2, -0.15) is 8.42 Å². The monoisotopic (exact) mass is 931 g/mol. The van der Waals surface area contributed by atoms with Crippen LogP contribution >= 0.6 is 0 Å². The maximum atomic E-state index is 13.2. The lowest BCUT2D eigenvalue weighted by Crippen LogP contribution is -2.28. The molecular formula is C44H49N7O14S. The Bertz CT molecular complexity index is 2720. The van der Waals surface area contributed by atoms with Crippen molar-refractivity contribution in [1.29, 1.82) is 5.41 Å². The minimum atomic E-state index is -4.81. The van der Waals surface area contributed by atoms with Crippen LogP contribution in [0.4, 0.5) is 5.69 Å². The van der Waals surface area contributed by atoms with Crippen molar-refractivity contribution in [3.05, 3.63) is 105 Å². The molecule has 0 aromatic heterocycles. The Morgan fingerprint density at radius 3 is 2.39 bits per heavy atom. The predicted molar refractivity (Wildman–Crippen MR) is 238 cm³/mol. The summed E-state index contributed by atoms with van der Waals surface area (Å²) in [5, 5.41) is 26.4. The number of nitrogen functional groups attached to an aromatic ring is 1. The average molecular weight is 932 g/mol.